The first-order valence-electron chi connectivity index (χ1n) is 10.4. The van der Waals surface area contributed by atoms with Crippen molar-refractivity contribution in [3.63, 3.8) is 0 Å². The number of hydrogen-bond donors (Lipinski definition) is 2. The standard InChI is InChI=1S/C25H27Cl2N3O2/c1-25(2,3)18-8-10-19(11-9-18)29-24(32)17-7-12-20(26)22(16-17)30(14-5-15-31)23-21(27)6-4-13-28-23/h4,6-13,16,31H,5,14-15H2,1-3H3,(H,29,32). The first-order chi connectivity index (χ1) is 15.2. The molecule has 0 aliphatic carbocycles. The molecule has 3 rings (SSSR count). The van der Waals surface area contributed by atoms with Gasteiger partial charge in [-0.05, 0) is 59.9 Å². The molecule has 1 heterocycles. The molecule has 1 amide bonds. The van der Waals surface area contributed by atoms with Gasteiger partial charge in [0.2, 0.25) is 0 Å². The molecule has 5 nitrogen and oxygen atoms in total. The van der Waals surface area contributed by atoms with Gasteiger partial charge in [-0.3, -0.25) is 4.79 Å². The maximum Gasteiger partial charge on any atom is 0.255 e. The molecule has 0 bridgehead atoms. The van der Waals surface area contributed by atoms with Crippen LogP contribution in [0.3, 0.4) is 0 Å². The Balaban J connectivity index is 1.89. The maximum atomic E-state index is 12.9. The van der Waals surface area contributed by atoms with Crippen LogP contribution in [0.5, 0.6) is 0 Å². The molecular weight excluding hydrogens is 445 g/mol. The Hall–Kier alpha value is -2.60. The number of benzene rings is 2. The Kier molecular flexibility index (Phi) is 7.77. The topological polar surface area (TPSA) is 65.5 Å². The second-order valence-electron chi connectivity index (χ2n) is 8.49. The third-order valence-corrected chi connectivity index (χ3v) is 5.66. The summed E-state index contributed by atoms with van der Waals surface area (Å²) < 4.78 is 0. The maximum absolute atomic E-state index is 12.9. The van der Waals surface area contributed by atoms with E-state index in [-0.39, 0.29) is 17.9 Å². The van der Waals surface area contributed by atoms with Gasteiger partial charge in [-0.15, -0.1) is 0 Å². The number of nitrogens with zero attached hydrogens (tertiary/aromatic N) is 2. The van der Waals surface area contributed by atoms with Crippen LogP contribution in [-0.4, -0.2) is 29.1 Å². The Bertz CT molecular complexity index is 1080. The highest BCUT2D eigenvalue weighted by atomic mass is 35.5. The van der Waals surface area contributed by atoms with Crippen molar-refractivity contribution >= 4 is 46.3 Å². The molecule has 0 fully saturated rings. The van der Waals surface area contributed by atoms with Gasteiger partial charge in [-0.25, -0.2) is 4.98 Å². The van der Waals surface area contributed by atoms with Crippen LogP contribution in [0.25, 0.3) is 0 Å². The first-order valence-corrected chi connectivity index (χ1v) is 11.2. The summed E-state index contributed by atoms with van der Waals surface area (Å²) in [5, 5.41) is 13.2. The number of carbonyl (C=O) groups excluding carboxylic acids is 1. The summed E-state index contributed by atoms with van der Waals surface area (Å²) in [6, 6.07) is 16.4. The van der Waals surface area contributed by atoms with Crippen molar-refractivity contribution in [1.82, 2.24) is 4.98 Å². The number of aliphatic hydroxyl groups excluding tert-OH is 1. The summed E-state index contributed by atoms with van der Waals surface area (Å²) in [6.45, 7) is 6.88. The van der Waals surface area contributed by atoms with Gasteiger partial charge in [-0.2, -0.15) is 0 Å². The summed E-state index contributed by atoms with van der Waals surface area (Å²) in [7, 11) is 0. The molecule has 168 valence electrons. The van der Waals surface area contributed by atoms with Crippen LogP contribution in [0.2, 0.25) is 10.0 Å². The minimum absolute atomic E-state index is 0.00328. The second kappa shape index (κ2) is 10.3. The second-order valence-corrected chi connectivity index (χ2v) is 9.30. The fourth-order valence-electron chi connectivity index (χ4n) is 3.26. The van der Waals surface area contributed by atoms with E-state index >= 15 is 0 Å². The zero-order valence-electron chi connectivity index (χ0n) is 18.4. The van der Waals surface area contributed by atoms with Crippen LogP contribution in [-0.2, 0) is 5.41 Å². The molecule has 2 aromatic carbocycles. The molecule has 0 aliphatic heterocycles. The van der Waals surface area contributed by atoms with E-state index in [9.17, 15) is 9.90 Å². The van der Waals surface area contributed by atoms with Crippen LogP contribution in [0.4, 0.5) is 17.2 Å². The molecule has 32 heavy (non-hydrogen) atoms. The van der Waals surface area contributed by atoms with Crippen molar-refractivity contribution in [1.29, 1.82) is 0 Å². The number of carbonyl (C=O) groups is 1. The van der Waals surface area contributed by atoms with Crippen molar-refractivity contribution in [2.45, 2.75) is 32.6 Å². The third kappa shape index (κ3) is 5.80. The van der Waals surface area contributed by atoms with Crippen LogP contribution in [0, 0.1) is 0 Å². The van der Waals surface area contributed by atoms with Crippen molar-refractivity contribution in [3.05, 3.63) is 82.0 Å². The lowest BCUT2D eigenvalue weighted by Crippen LogP contribution is -2.22. The Morgan fingerprint density at radius 1 is 1.06 bits per heavy atom. The summed E-state index contributed by atoms with van der Waals surface area (Å²) in [5.74, 6) is 0.264. The quantitative estimate of drug-likeness (QED) is 0.414. The lowest BCUT2D eigenvalue weighted by atomic mass is 9.87. The number of rotatable bonds is 7. The molecule has 0 unspecified atom stereocenters. The molecule has 0 saturated carbocycles. The van der Waals surface area contributed by atoms with E-state index in [4.69, 9.17) is 23.2 Å². The highest BCUT2D eigenvalue weighted by molar-refractivity contribution is 6.35. The molecule has 1 aromatic heterocycles. The van der Waals surface area contributed by atoms with Crippen LogP contribution in [0.15, 0.2) is 60.8 Å². The van der Waals surface area contributed by atoms with Gasteiger partial charge in [0.15, 0.2) is 5.82 Å². The van der Waals surface area contributed by atoms with Gasteiger partial charge in [0.1, 0.15) is 0 Å². The van der Waals surface area contributed by atoms with Crippen molar-refractivity contribution in [2.24, 2.45) is 0 Å². The minimum Gasteiger partial charge on any atom is -0.396 e. The number of nitrogens with one attached hydrogen (secondary N) is 1. The molecule has 0 radical (unpaired) electrons. The average Bonchev–Trinajstić information content (AvgIpc) is 2.76. The van der Waals surface area contributed by atoms with Crippen LogP contribution < -0.4 is 10.2 Å². The molecule has 7 heteroatoms. The molecule has 0 spiro atoms. The van der Waals surface area contributed by atoms with E-state index in [0.717, 1.165) is 0 Å². The fourth-order valence-corrected chi connectivity index (χ4v) is 3.71. The summed E-state index contributed by atoms with van der Waals surface area (Å²) in [4.78, 5) is 19.1. The predicted molar refractivity (Wildman–Crippen MR) is 133 cm³/mol. The SMILES string of the molecule is CC(C)(C)c1ccc(NC(=O)c2ccc(Cl)c(N(CCCO)c3ncccc3Cl)c2)cc1. The number of halogens is 2. The fraction of sp³-hybridized carbons (Fsp3) is 0.280. The van der Waals surface area contributed by atoms with Crippen molar-refractivity contribution in [2.75, 3.05) is 23.4 Å². The van der Waals surface area contributed by atoms with Crippen LogP contribution in [0.1, 0.15) is 43.1 Å². The lowest BCUT2D eigenvalue weighted by Gasteiger charge is -2.26. The van der Waals surface area contributed by atoms with Gasteiger partial charge in [0.25, 0.3) is 5.91 Å². The van der Waals surface area contributed by atoms with Crippen molar-refractivity contribution < 1.29 is 9.90 Å². The predicted octanol–water partition coefficient (Wildman–Crippen LogP) is 6.46. The Morgan fingerprint density at radius 3 is 2.41 bits per heavy atom. The number of aliphatic hydroxyl groups is 1. The van der Waals surface area contributed by atoms with E-state index < -0.39 is 0 Å². The zero-order chi connectivity index (χ0) is 23.3. The van der Waals surface area contributed by atoms with Gasteiger partial charge < -0.3 is 15.3 Å². The lowest BCUT2D eigenvalue weighted by molar-refractivity contribution is 0.102. The molecule has 0 atom stereocenters. The Labute approximate surface area is 199 Å². The van der Waals surface area contributed by atoms with E-state index in [1.807, 2.05) is 29.2 Å². The molecule has 0 saturated heterocycles. The molecule has 2 N–H and O–H groups in total. The number of anilines is 3. The van der Waals surface area contributed by atoms with Crippen LogP contribution >= 0.6 is 23.2 Å². The monoisotopic (exact) mass is 471 g/mol. The summed E-state index contributed by atoms with van der Waals surface area (Å²) in [6.07, 6.45) is 2.12. The summed E-state index contributed by atoms with van der Waals surface area (Å²) >= 11 is 12.9. The molecule has 0 aliphatic rings. The average molecular weight is 472 g/mol. The van der Waals surface area contributed by atoms with E-state index in [0.29, 0.717) is 45.8 Å². The normalized spacial score (nSPS) is 11.3. The smallest absolute Gasteiger partial charge is 0.255 e. The highest BCUT2D eigenvalue weighted by Gasteiger charge is 2.19. The summed E-state index contributed by atoms with van der Waals surface area (Å²) in [5.41, 5.74) is 2.99. The van der Waals surface area contributed by atoms with E-state index in [2.05, 4.69) is 31.1 Å². The first kappa shape index (κ1) is 24.1. The third-order valence-electron chi connectivity index (χ3n) is 5.04. The largest absolute Gasteiger partial charge is 0.396 e. The van der Waals surface area contributed by atoms with E-state index in [1.165, 1.54) is 5.56 Å². The Morgan fingerprint density at radius 2 is 1.78 bits per heavy atom. The molecule has 3 aromatic rings. The molecular formula is C25H27Cl2N3O2. The van der Waals surface area contributed by atoms with E-state index in [1.54, 1.807) is 36.5 Å². The number of aromatic nitrogens is 1. The van der Waals surface area contributed by atoms with Gasteiger partial charge in [0.05, 0.1) is 15.7 Å². The minimum atomic E-state index is -0.249. The van der Waals surface area contributed by atoms with Gasteiger partial charge >= 0.3 is 0 Å². The van der Waals surface area contributed by atoms with Gasteiger partial charge in [0, 0.05) is 30.6 Å². The highest BCUT2D eigenvalue weighted by Crippen LogP contribution is 2.35. The number of amides is 1. The number of pyridine rings is 1. The van der Waals surface area contributed by atoms with Gasteiger partial charge in [-0.1, -0.05) is 56.1 Å². The van der Waals surface area contributed by atoms with Crippen molar-refractivity contribution in [3.8, 4) is 0 Å². The number of hydrogen-bond acceptors (Lipinski definition) is 4. The zero-order valence-corrected chi connectivity index (χ0v) is 19.9.